The maximum Gasteiger partial charge on any atom is 0.303 e. The molecule has 18 heavy (non-hydrogen) atoms. The summed E-state index contributed by atoms with van der Waals surface area (Å²) in [6, 6.07) is 2.50. The smallest absolute Gasteiger partial charge is 0.303 e. The van der Waals surface area contributed by atoms with Crippen molar-refractivity contribution in [1.82, 2.24) is 10.3 Å². The number of hydrogen-bond donors (Lipinski definition) is 2. The Morgan fingerprint density at radius 1 is 1.33 bits per heavy atom. The number of unbranched alkanes of at least 4 members (excludes halogenated alkanes) is 2. The molecule has 0 radical (unpaired) electrons. The van der Waals surface area contributed by atoms with Gasteiger partial charge in [0.2, 0.25) is 5.95 Å². The molecule has 0 aliphatic carbocycles. The number of nitrogens with one attached hydrogen (secondary N) is 1. The molecule has 1 heterocycles. The zero-order valence-electron chi connectivity index (χ0n) is 9.86. The van der Waals surface area contributed by atoms with E-state index >= 15 is 0 Å². The first-order valence-electron chi connectivity index (χ1n) is 5.71. The summed E-state index contributed by atoms with van der Waals surface area (Å²) in [5.74, 6) is -1.86. The molecule has 0 aliphatic heterocycles. The number of halogens is 1. The summed E-state index contributed by atoms with van der Waals surface area (Å²) >= 11 is 0. The summed E-state index contributed by atoms with van der Waals surface area (Å²) in [6.07, 6.45) is 3.40. The van der Waals surface area contributed by atoms with Gasteiger partial charge in [-0.05, 0) is 18.9 Å². The number of carbonyl (C=O) groups is 2. The highest BCUT2D eigenvalue weighted by Gasteiger charge is 2.05. The fraction of sp³-hybridized carbons (Fsp3) is 0.417. The molecule has 0 saturated carbocycles. The first-order chi connectivity index (χ1) is 8.59. The molecule has 0 atom stereocenters. The number of carbonyl (C=O) groups excluding carboxylic acids is 1. The minimum Gasteiger partial charge on any atom is -0.481 e. The van der Waals surface area contributed by atoms with E-state index < -0.39 is 11.9 Å². The highest BCUT2D eigenvalue weighted by atomic mass is 19.1. The SMILES string of the molecule is O=C(O)CCCCCNC(=O)c1ccnc(F)c1. The predicted molar refractivity (Wildman–Crippen MR) is 62.6 cm³/mol. The minimum atomic E-state index is -0.814. The number of hydrogen-bond acceptors (Lipinski definition) is 3. The quantitative estimate of drug-likeness (QED) is 0.572. The lowest BCUT2D eigenvalue weighted by atomic mass is 10.2. The Labute approximate surface area is 104 Å². The molecule has 0 spiro atoms. The molecular formula is C12H15FN2O3. The van der Waals surface area contributed by atoms with E-state index in [4.69, 9.17) is 5.11 Å². The lowest BCUT2D eigenvalue weighted by molar-refractivity contribution is -0.137. The van der Waals surface area contributed by atoms with E-state index in [1.54, 1.807) is 0 Å². The Kier molecular flexibility index (Phi) is 5.76. The fourth-order valence-corrected chi connectivity index (χ4v) is 1.43. The molecule has 5 nitrogen and oxygen atoms in total. The van der Waals surface area contributed by atoms with E-state index in [-0.39, 0.29) is 17.9 Å². The third-order valence-corrected chi connectivity index (χ3v) is 2.34. The predicted octanol–water partition coefficient (Wildman–Crippen LogP) is 1.60. The average Bonchev–Trinajstić information content (AvgIpc) is 2.33. The molecule has 1 aromatic rings. The van der Waals surface area contributed by atoms with Gasteiger partial charge in [-0.15, -0.1) is 0 Å². The second-order valence-electron chi connectivity index (χ2n) is 3.83. The van der Waals surface area contributed by atoms with Crippen molar-refractivity contribution < 1.29 is 19.1 Å². The Hall–Kier alpha value is -1.98. The van der Waals surface area contributed by atoms with Gasteiger partial charge in [-0.2, -0.15) is 4.39 Å². The van der Waals surface area contributed by atoms with Gasteiger partial charge in [0.05, 0.1) is 0 Å². The van der Waals surface area contributed by atoms with E-state index in [2.05, 4.69) is 10.3 Å². The number of carboxylic acids is 1. The van der Waals surface area contributed by atoms with Crippen LogP contribution in [0.3, 0.4) is 0 Å². The second-order valence-corrected chi connectivity index (χ2v) is 3.83. The fourth-order valence-electron chi connectivity index (χ4n) is 1.43. The van der Waals surface area contributed by atoms with Crippen LogP contribution in [0.15, 0.2) is 18.3 Å². The number of pyridine rings is 1. The second kappa shape index (κ2) is 7.37. The van der Waals surface area contributed by atoms with Crippen LogP contribution >= 0.6 is 0 Å². The molecule has 0 saturated heterocycles. The number of carboxylic acid groups (broad SMARTS) is 1. The maximum atomic E-state index is 12.7. The summed E-state index contributed by atoms with van der Waals surface area (Å²) in [5, 5.41) is 11.1. The summed E-state index contributed by atoms with van der Waals surface area (Å²) in [5.41, 5.74) is 0.230. The van der Waals surface area contributed by atoms with Crippen LogP contribution in [0.1, 0.15) is 36.0 Å². The van der Waals surface area contributed by atoms with Gasteiger partial charge in [0.1, 0.15) is 0 Å². The van der Waals surface area contributed by atoms with E-state index in [0.717, 1.165) is 12.5 Å². The molecule has 1 rings (SSSR count). The Bertz CT molecular complexity index is 424. The largest absolute Gasteiger partial charge is 0.481 e. The van der Waals surface area contributed by atoms with Crippen molar-refractivity contribution >= 4 is 11.9 Å². The van der Waals surface area contributed by atoms with Gasteiger partial charge in [-0.3, -0.25) is 9.59 Å². The van der Waals surface area contributed by atoms with Gasteiger partial charge < -0.3 is 10.4 Å². The first-order valence-corrected chi connectivity index (χ1v) is 5.71. The number of nitrogens with zero attached hydrogens (tertiary/aromatic N) is 1. The molecule has 98 valence electrons. The van der Waals surface area contributed by atoms with E-state index in [9.17, 15) is 14.0 Å². The first kappa shape index (κ1) is 14.1. The van der Waals surface area contributed by atoms with Crippen LogP contribution in [0.5, 0.6) is 0 Å². The van der Waals surface area contributed by atoms with Gasteiger partial charge in [-0.1, -0.05) is 6.42 Å². The molecule has 0 unspecified atom stereocenters. The summed E-state index contributed by atoms with van der Waals surface area (Å²) in [7, 11) is 0. The van der Waals surface area contributed by atoms with Crippen LogP contribution < -0.4 is 5.32 Å². The van der Waals surface area contributed by atoms with Crippen molar-refractivity contribution in [2.45, 2.75) is 25.7 Å². The zero-order valence-corrected chi connectivity index (χ0v) is 9.86. The number of amides is 1. The zero-order chi connectivity index (χ0) is 13.4. The molecule has 0 aliphatic rings. The molecule has 1 amide bonds. The topological polar surface area (TPSA) is 79.3 Å². The maximum absolute atomic E-state index is 12.7. The van der Waals surface area contributed by atoms with Gasteiger partial charge in [0.25, 0.3) is 5.91 Å². The molecule has 6 heteroatoms. The van der Waals surface area contributed by atoms with Crippen molar-refractivity contribution in [2.75, 3.05) is 6.54 Å². The van der Waals surface area contributed by atoms with Crippen LogP contribution in [0, 0.1) is 5.95 Å². The van der Waals surface area contributed by atoms with Crippen LogP contribution in [0.4, 0.5) is 4.39 Å². The molecule has 2 N–H and O–H groups in total. The van der Waals surface area contributed by atoms with Crippen molar-refractivity contribution in [2.24, 2.45) is 0 Å². The van der Waals surface area contributed by atoms with E-state index in [1.807, 2.05) is 0 Å². The minimum absolute atomic E-state index is 0.142. The summed E-state index contributed by atoms with van der Waals surface area (Å²) < 4.78 is 12.7. The standard InChI is InChI=1S/C12H15FN2O3/c13-10-8-9(5-7-14-10)12(18)15-6-3-1-2-4-11(16)17/h5,7-8H,1-4,6H2,(H,15,18)(H,16,17). The number of rotatable bonds is 7. The molecule has 1 aromatic heterocycles. The summed E-state index contributed by atoms with van der Waals surface area (Å²) in [6.45, 7) is 0.447. The third-order valence-electron chi connectivity index (χ3n) is 2.34. The van der Waals surface area contributed by atoms with Crippen molar-refractivity contribution in [3.05, 3.63) is 29.8 Å². The van der Waals surface area contributed by atoms with Gasteiger partial charge >= 0.3 is 5.97 Å². The average molecular weight is 254 g/mol. The monoisotopic (exact) mass is 254 g/mol. The van der Waals surface area contributed by atoms with Crippen molar-refractivity contribution in [3.8, 4) is 0 Å². The van der Waals surface area contributed by atoms with Crippen LogP contribution in [-0.4, -0.2) is 28.5 Å². The van der Waals surface area contributed by atoms with Gasteiger partial charge in [0, 0.05) is 30.8 Å². The third kappa shape index (κ3) is 5.38. The van der Waals surface area contributed by atoms with Crippen LogP contribution in [0.25, 0.3) is 0 Å². The van der Waals surface area contributed by atoms with Gasteiger partial charge in [-0.25, -0.2) is 4.98 Å². The molecule has 0 fully saturated rings. The number of aliphatic carboxylic acids is 1. The lowest BCUT2D eigenvalue weighted by Gasteiger charge is -2.04. The summed E-state index contributed by atoms with van der Waals surface area (Å²) in [4.78, 5) is 25.1. The molecule has 0 aromatic carbocycles. The van der Waals surface area contributed by atoms with E-state index in [1.165, 1.54) is 12.3 Å². The van der Waals surface area contributed by atoms with Gasteiger partial charge in [0.15, 0.2) is 0 Å². The highest BCUT2D eigenvalue weighted by Crippen LogP contribution is 2.01. The molecular weight excluding hydrogens is 239 g/mol. The Morgan fingerprint density at radius 2 is 2.11 bits per heavy atom. The molecule has 0 bridgehead atoms. The van der Waals surface area contributed by atoms with Crippen LogP contribution in [0.2, 0.25) is 0 Å². The normalized spacial score (nSPS) is 10.1. The van der Waals surface area contributed by atoms with Crippen molar-refractivity contribution in [1.29, 1.82) is 0 Å². The highest BCUT2D eigenvalue weighted by molar-refractivity contribution is 5.93. The van der Waals surface area contributed by atoms with Crippen LogP contribution in [-0.2, 0) is 4.79 Å². The van der Waals surface area contributed by atoms with Crippen molar-refractivity contribution in [3.63, 3.8) is 0 Å². The Morgan fingerprint density at radius 3 is 2.78 bits per heavy atom. The Balaban J connectivity index is 2.20. The number of aromatic nitrogens is 1. The van der Waals surface area contributed by atoms with E-state index in [0.29, 0.717) is 19.4 Å². The lowest BCUT2D eigenvalue weighted by Crippen LogP contribution is -2.24.